The number of aromatic nitrogens is 1. The number of aromatic amines is 1. The fraction of sp³-hybridized carbons (Fsp3) is 0.333. The van der Waals surface area contributed by atoms with Gasteiger partial charge < -0.3 is 15.5 Å². The van der Waals surface area contributed by atoms with Gasteiger partial charge in [-0.05, 0) is 25.6 Å². The Hall–Kier alpha value is -1.63. The number of carbonyl (C=O) groups is 1. The van der Waals surface area contributed by atoms with Crippen molar-refractivity contribution in [3.8, 4) is 0 Å². The lowest BCUT2D eigenvalue weighted by Crippen LogP contribution is -2.20. The Morgan fingerprint density at radius 2 is 1.75 bits per heavy atom. The molecule has 16 heavy (non-hydrogen) atoms. The highest BCUT2D eigenvalue weighted by atomic mass is 19.4. The van der Waals surface area contributed by atoms with Crippen LogP contribution < -0.4 is 11.3 Å². The van der Waals surface area contributed by atoms with Crippen LogP contribution in [-0.2, 0) is 11.0 Å². The van der Waals surface area contributed by atoms with Gasteiger partial charge in [-0.15, -0.1) is 0 Å². The molecule has 0 bridgehead atoms. The summed E-state index contributed by atoms with van der Waals surface area (Å²) in [5.41, 5.74) is 2.62. The van der Waals surface area contributed by atoms with Gasteiger partial charge >= 0.3 is 6.18 Å². The average Bonchev–Trinajstić information content (AvgIpc) is 2.26. The Balaban J connectivity index is 0. The zero-order valence-electron chi connectivity index (χ0n) is 8.89. The number of alkyl halides is 3. The Labute approximate surface area is 90.3 Å². The maximum atomic E-state index is 12.0. The number of nitrogens with two attached hydrogens (primary N) is 1. The van der Waals surface area contributed by atoms with E-state index in [1.54, 1.807) is 0 Å². The van der Waals surface area contributed by atoms with Gasteiger partial charge in [0.05, 0.1) is 0 Å². The topological polar surface area (TPSA) is 76.0 Å². The van der Waals surface area contributed by atoms with Crippen molar-refractivity contribution in [1.29, 1.82) is 0 Å². The number of aryl methyl sites for hydroxylation is 1. The molecule has 0 unspecified atom stereocenters. The second-order valence-corrected chi connectivity index (χ2v) is 2.42. The van der Waals surface area contributed by atoms with E-state index in [2.05, 4.69) is 5.73 Å². The molecule has 1 aromatic rings. The first-order valence-electron chi connectivity index (χ1n) is 4.04. The summed E-state index contributed by atoms with van der Waals surface area (Å²) in [6.45, 7) is 3.48. The molecule has 1 heterocycles. The lowest BCUT2D eigenvalue weighted by molar-refractivity contribution is -0.138. The summed E-state index contributed by atoms with van der Waals surface area (Å²) in [6, 6.07) is 0.818. The lowest BCUT2D eigenvalue weighted by atomic mass is 10.2. The van der Waals surface area contributed by atoms with Gasteiger partial charge in [-0.2, -0.15) is 13.2 Å². The van der Waals surface area contributed by atoms with Crippen LogP contribution in [0.15, 0.2) is 17.1 Å². The number of H-pyrrole nitrogens is 1. The summed E-state index contributed by atoms with van der Waals surface area (Å²) >= 11 is 0. The van der Waals surface area contributed by atoms with Crippen LogP contribution in [0.25, 0.3) is 0 Å². The second kappa shape index (κ2) is 7.63. The zero-order chi connectivity index (χ0) is 13.4. The SMILES string of the molecule is C=O.CN.Cc1c[nH]c(=O)c(C(F)(F)F)c1. The largest absolute Gasteiger partial charge is 0.421 e. The van der Waals surface area contributed by atoms with E-state index in [-0.39, 0.29) is 0 Å². The summed E-state index contributed by atoms with van der Waals surface area (Å²) in [6.07, 6.45) is -3.34. The Kier molecular flexibility index (Phi) is 8.01. The second-order valence-electron chi connectivity index (χ2n) is 2.42. The van der Waals surface area contributed by atoms with E-state index in [9.17, 15) is 18.0 Å². The molecule has 0 fully saturated rings. The highest BCUT2D eigenvalue weighted by molar-refractivity contribution is 5.19. The van der Waals surface area contributed by atoms with Gasteiger partial charge in [0.25, 0.3) is 5.56 Å². The molecule has 3 N–H and O–H groups in total. The fourth-order valence-electron chi connectivity index (χ4n) is 0.803. The molecule has 0 radical (unpaired) electrons. The maximum absolute atomic E-state index is 12.0. The third kappa shape index (κ3) is 5.30. The Morgan fingerprint density at radius 1 is 1.31 bits per heavy atom. The Bertz CT molecular complexity index is 361. The van der Waals surface area contributed by atoms with Crippen LogP contribution in [0, 0.1) is 6.92 Å². The maximum Gasteiger partial charge on any atom is 0.421 e. The van der Waals surface area contributed by atoms with Crippen LogP contribution in [0.3, 0.4) is 0 Å². The van der Waals surface area contributed by atoms with Crippen LogP contribution >= 0.6 is 0 Å². The van der Waals surface area contributed by atoms with Crippen LogP contribution in [0.4, 0.5) is 13.2 Å². The van der Waals surface area contributed by atoms with E-state index in [1.165, 1.54) is 20.2 Å². The molecule has 1 rings (SSSR count). The molecule has 7 heteroatoms. The van der Waals surface area contributed by atoms with E-state index >= 15 is 0 Å². The Morgan fingerprint density at radius 3 is 2.06 bits per heavy atom. The summed E-state index contributed by atoms with van der Waals surface area (Å²) < 4.78 is 36.0. The minimum absolute atomic E-state index is 0.377. The van der Waals surface area contributed by atoms with Crippen molar-refractivity contribution in [2.45, 2.75) is 13.1 Å². The van der Waals surface area contributed by atoms with Gasteiger partial charge in [0.15, 0.2) is 0 Å². The van der Waals surface area contributed by atoms with Gasteiger partial charge in [-0.25, -0.2) is 0 Å². The van der Waals surface area contributed by atoms with Crippen molar-refractivity contribution >= 4 is 6.79 Å². The normalized spacial score (nSPS) is 9.38. The van der Waals surface area contributed by atoms with Crippen molar-refractivity contribution in [3.05, 3.63) is 33.7 Å². The first kappa shape index (κ1) is 16.8. The molecule has 92 valence electrons. The van der Waals surface area contributed by atoms with Crippen molar-refractivity contribution in [1.82, 2.24) is 4.98 Å². The van der Waals surface area contributed by atoms with Gasteiger partial charge in [0.1, 0.15) is 12.4 Å². The van der Waals surface area contributed by atoms with Crippen LogP contribution in [0.5, 0.6) is 0 Å². The smallest absolute Gasteiger partial charge is 0.333 e. The molecular formula is C9H13F3N2O2. The van der Waals surface area contributed by atoms with Crippen LogP contribution in [0.1, 0.15) is 11.1 Å². The van der Waals surface area contributed by atoms with Crippen molar-refractivity contribution in [3.63, 3.8) is 0 Å². The summed E-state index contributed by atoms with van der Waals surface area (Å²) in [4.78, 5) is 20.6. The number of pyridine rings is 1. The fourth-order valence-corrected chi connectivity index (χ4v) is 0.803. The lowest BCUT2D eigenvalue weighted by Gasteiger charge is -2.04. The highest BCUT2D eigenvalue weighted by Crippen LogP contribution is 2.26. The van der Waals surface area contributed by atoms with E-state index in [4.69, 9.17) is 4.79 Å². The number of carbonyl (C=O) groups excluding carboxylic acids is 1. The molecule has 0 saturated carbocycles. The van der Waals surface area contributed by atoms with Gasteiger partial charge in [0.2, 0.25) is 0 Å². The third-order valence-electron chi connectivity index (χ3n) is 1.35. The molecule has 0 amide bonds. The molecule has 0 saturated heterocycles. The summed E-state index contributed by atoms with van der Waals surface area (Å²) in [5, 5.41) is 0. The third-order valence-corrected chi connectivity index (χ3v) is 1.35. The van der Waals surface area contributed by atoms with Crippen molar-refractivity contribution in [2.75, 3.05) is 7.05 Å². The molecule has 1 aromatic heterocycles. The van der Waals surface area contributed by atoms with Crippen LogP contribution in [-0.4, -0.2) is 18.8 Å². The summed E-state index contributed by atoms with van der Waals surface area (Å²) in [5.74, 6) is 0. The molecular weight excluding hydrogens is 225 g/mol. The average molecular weight is 238 g/mol. The van der Waals surface area contributed by atoms with E-state index < -0.39 is 17.3 Å². The molecule has 0 aliphatic carbocycles. The predicted octanol–water partition coefficient (Wildman–Crippen LogP) is 1.09. The molecule has 0 aromatic carbocycles. The minimum Gasteiger partial charge on any atom is -0.333 e. The number of halogens is 3. The molecule has 4 nitrogen and oxygen atoms in total. The van der Waals surface area contributed by atoms with Crippen molar-refractivity contribution in [2.24, 2.45) is 5.73 Å². The standard InChI is InChI=1S/C7H6F3NO.CH5N.CH2O/c1-4-2-5(7(8,9)10)6(12)11-3-4;2*1-2/h2-3H,1H3,(H,11,12);2H2,1H3;1H2. The quantitative estimate of drug-likeness (QED) is 0.710. The van der Waals surface area contributed by atoms with Gasteiger partial charge in [0, 0.05) is 6.20 Å². The number of rotatable bonds is 0. The molecule has 0 atom stereocenters. The zero-order valence-corrected chi connectivity index (χ0v) is 8.89. The van der Waals surface area contributed by atoms with Gasteiger partial charge in [-0.3, -0.25) is 4.79 Å². The molecule has 0 aliphatic heterocycles. The monoisotopic (exact) mass is 238 g/mol. The minimum atomic E-state index is -4.57. The van der Waals surface area contributed by atoms with Crippen LogP contribution in [0.2, 0.25) is 0 Å². The van der Waals surface area contributed by atoms with E-state index in [0.29, 0.717) is 5.56 Å². The van der Waals surface area contributed by atoms with E-state index in [0.717, 1.165) is 6.07 Å². The predicted molar refractivity (Wildman–Crippen MR) is 54.0 cm³/mol. The first-order chi connectivity index (χ1) is 7.41. The number of nitrogens with one attached hydrogen (secondary N) is 1. The number of hydrogen-bond acceptors (Lipinski definition) is 3. The van der Waals surface area contributed by atoms with Crippen molar-refractivity contribution < 1.29 is 18.0 Å². The first-order valence-corrected chi connectivity index (χ1v) is 4.04. The summed E-state index contributed by atoms with van der Waals surface area (Å²) in [7, 11) is 1.50. The molecule has 0 aliphatic rings. The molecule has 0 spiro atoms. The van der Waals surface area contributed by atoms with Gasteiger partial charge in [-0.1, -0.05) is 0 Å². The van der Waals surface area contributed by atoms with E-state index in [1.807, 2.05) is 11.8 Å². The number of hydrogen-bond donors (Lipinski definition) is 2. The highest BCUT2D eigenvalue weighted by Gasteiger charge is 2.33.